The van der Waals surface area contributed by atoms with Crippen molar-refractivity contribution in [1.82, 2.24) is 14.5 Å². The van der Waals surface area contributed by atoms with Crippen molar-refractivity contribution in [3.05, 3.63) is 27.7 Å². The summed E-state index contributed by atoms with van der Waals surface area (Å²) in [4.78, 5) is 16.8. The molecule has 1 aromatic carbocycles. The number of aromatic nitrogens is 2. The first-order valence-corrected chi connectivity index (χ1v) is 6.99. The van der Waals surface area contributed by atoms with Crippen molar-refractivity contribution >= 4 is 40.8 Å². The molecule has 4 nitrogen and oxygen atoms in total. The molecule has 0 bridgehead atoms. The number of rotatable bonds is 3. The fraction of sp³-hybridized carbons (Fsp3) is 0.385. The molecule has 1 unspecified atom stereocenters. The van der Waals surface area contributed by atoms with Gasteiger partial charge in [-0.05, 0) is 32.1 Å². The van der Waals surface area contributed by atoms with Gasteiger partial charge in [-0.3, -0.25) is 4.79 Å². The SMILES string of the molecule is CCN(C)C(=O)C(C)n1c(=S)[nH]c2cc(Cl)c(F)cc21. The zero-order chi connectivity index (χ0) is 15.0. The van der Waals surface area contributed by atoms with E-state index in [2.05, 4.69) is 4.98 Å². The fourth-order valence-electron chi connectivity index (χ4n) is 2.09. The van der Waals surface area contributed by atoms with Crippen molar-refractivity contribution in [3.63, 3.8) is 0 Å². The summed E-state index contributed by atoms with van der Waals surface area (Å²) in [5.41, 5.74) is 1.14. The highest BCUT2D eigenvalue weighted by atomic mass is 35.5. The maximum Gasteiger partial charge on any atom is 0.245 e. The van der Waals surface area contributed by atoms with Gasteiger partial charge in [-0.2, -0.15) is 0 Å². The molecule has 2 aromatic rings. The van der Waals surface area contributed by atoms with Gasteiger partial charge in [-0.1, -0.05) is 11.6 Å². The molecular formula is C13H15ClFN3OS. The number of benzene rings is 1. The van der Waals surface area contributed by atoms with E-state index in [9.17, 15) is 9.18 Å². The molecule has 0 aliphatic heterocycles. The lowest BCUT2D eigenvalue weighted by molar-refractivity contribution is -0.132. The van der Waals surface area contributed by atoms with Gasteiger partial charge in [0.05, 0.1) is 16.1 Å². The van der Waals surface area contributed by atoms with E-state index in [1.807, 2.05) is 6.92 Å². The van der Waals surface area contributed by atoms with E-state index >= 15 is 0 Å². The van der Waals surface area contributed by atoms with Gasteiger partial charge in [0.15, 0.2) is 4.77 Å². The van der Waals surface area contributed by atoms with Crippen LogP contribution in [-0.4, -0.2) is 34.0 Å². The highest BCUT2D eigenvalue weighted by Crippen LogP contribution is 2.25. The maximum absolute atomic E-state index is 13.6. The van der Waals surface area contributed by atoms with Gasteiger partial charge < -0.3 is 14.5 Å². The lowest BCUT2D eigenvalue weighted by atomic mass is 10.2. The molecule has 108 valence electrons. The van der Waals surface area contributed by atoms with Crippen LogP contribution in [0, 0.1) is 10.6 Å². The Hall–Kier alpha value is -1.40. The molecule has 0 fully saturated rings. The summed E-state index contributed by atoms with van der Waals surface area (Å²) in [5, 5.41) is 0.0190. The monoisotopic (exact) mass is 315 g/mol. The molecule has 7 heteroatoms. The summed E-state index contributed by atoms with van der Waals surface area (Å²) < 4.78 is 15.6. The van der Waals surface area contributed by atoms with Gasteiger partial charge in [-0.15, -0.1) is 0 Å². The number of aromatic amines is 1. The zero-order valence-electron chi connectivity index (χ0n) is 11.4. The third kappa shape index (κ3) is 2.45. The third-order valence-corrected chi connectivity index (χ3v) is 3.94. The van der Waals surface area contributed by atoms with Crippen molar-refractivity contribution in [2.45, 2.75) is 19.9 Å². The fourth-order valence-corrected chi connectivity index (χ4v) is 2.62. The molecule has 1 aromatic heterocycles. The Balaban J connectivity index is 2.59. The molecule has 0 aliphatic carbocycles. The molecule has 1 heterocycles. The number of nitrogens with one attached hydrogen (secondary N) is 1. The number of carbonyl (C=O) groups excluding carboxylic acids is 1. The molecule has 1 N–H and O–H groups in total. The average molecular weight is 316 g/mol. The molecule has 20 heavy (non-hydrogen) atoms. The number of fused-ring (bicyclic) bond motifs is 1. The molecular weight excluding hydrogens is 301 g/mol. The molecule has 0 radical (unpaired) electrons. The second-order valence-electron chi connectivity index (χ2n) is 4.61. The first kappa shape index (κ1) is 15.0. The number of likely N-dealkylation sites (N-methyl/N-ethyl adjacent to an activating group) is 1. The molecule has 2 rings (SSSR count). The Morgan fingerprint density at radius 1 is 1.60 bits per heavy atom. The van der Waals surface area contributed by atoms with Crippen LogP contribution < -0.4 is 0 Å². The molecule has 0 aliphatic rings. The van der Waals surface area contributed by atoms with Gasteiger partial charge >= 0.3 is 0 Å². The van der Waals surface area contributed by atoms with E-state index in [1.54, 1.807) is 23.4 Å². The number of H-pyrrole nitrogens is 1. The van der Waals surface area contributed by atoms with Crippen LogP contribution in [0.1, 0.15) is 19.9 Å². The van der Waals surface area contributed by atoms with Crippen LogP contribution in [0.15, 0.2) is 12.1 Å². The van der Waals surface area contributed by atoms with Crippen LogP contribution in [0.3, 0.4) is 0 Å². The Kier molecular flexibility index (Phi) is 4.15. The minimum Gasteiger partial charge on any atom is -0.344 e. The molecule has 1 atom stereocenters. The summed E-state index contributed by atoms with van der Waals surface area (Å²) >= 11 is 11.0. The zero-order valence-corrected chi connectivity index (χ0v) is 13.0. The van der Waals surface area contributed by atoms with E-state index < -0.39 is 11.9 Å². The highest BCUT2D eigenvalue weighted by Gasteiger charge is 2.21. The van der Waals surface area contributed by atoms with Crippen molar-refractivity contribution in [1.29, 1.82) is 0 Å². The number of imidazole rings is 1. The van der Waals surface area contributed by atoms with Crippen molar-refractivity contribution in [3.8, 4) is 0 Å². The lowest BCUT2D eigenvalue weighted by Gasteiger charge is -2.21. The smallest absolute Gasteiger partial charge is 0.245 e. The lowest BCUT2D eigenvalue weighted by Crippen LogP contribution is -2.32. The van der Waals surface area contributed by atoms with E-state index in [0.717, 1.165) is 0 Å². The van der Waals surface area contributed by atoms with Gasteiger partial charge in [0.1, 0.15) is 11.9 Å². The van der Waals surface area contributed by atoms with E-state index in [-0.39, 0.29) is 10.9 Å². The van der Waals surface area contributed by atoms with Gasteiger partial charge in [0.2, 0.25) is 5.91 Å². The predicted molar refractivity (Wildman–Crippen MR) is 80.1 cm³/mol. The number of amides is 1. The average Bonchev–Trinajstić information content (AvgIpc) is 2.72. The quantitative estimate of drug-likeness (QED) is 0.880. The van der Waals surface area contributed by atoms with Crippen molar-refractivity contribution in [2.75, 3.05) is 13.6 Å². The Bertz CT molecular complexity index is 724. The van der Waals surface area contributed by atoms with Gasteiger partial charge in [-0.25, -0.2) is 4.39 Å². The number of nitrogens with zero attached hydrogens (tertiary/aromatic N) is 2. The summed E-state index contributed by atoms with van der Waals surface area (Å²) in [6.07, 6.45) is 0. The first-order valence-electron chi connectivity index (χ1n) is 6.21. The Morgan fingerprint density at radius 2 is 2.25 bits per heavy atom. The van der Waals surface area contributed by atoms with Gasteiger partial charge in [0, 0.05) is 19.7 Å². The predicted octanol–water partition coefficient (Wildman–Crippen LogP) is 3.53. The Labute approximate surface area is 126 Å². The topological polar surface area (TPSA) is 41.0 Å². The first-order chi connectivity index (χ1) is 9.36. The molecule has 1 amide bonds. The van der Waals surface area contributed by atoms with Gasteiger partial charge in [0.25, 0.3) is 0 Å². The molecule has 0 saturated heterocycles. The Morgan fingerprint density at radius 3 is 2.85 bits per heavy atom. The standard InChI is InChI=1S/C13H15ClFN3OS/c1-4-17(3)12(19)7(2)18-11-6-9(15)8(14)5-10(11)16-13(18)20/h5-7H,4H2,1-3H3,(H,16,20). The third-order valence-electron chi connectivity index (χ3n) is 3.35. The minimum atomic E-state index is -0.537. The largest absolute Gasteiger partial charge is 0.344 e. The van der Waals surface area contributed by atoms with Crippen molar-refractivity contribution < 1.29 is 9.18 Å². The van der Waals surface area contributed by atoms with Crippen LogP contribution in [-0.2, 0) is 4.79 Å². The number of carbonyl (C=O) groups is 1. The number of hydrogen-bond acceptors (Lipinski definition) is 2. The molecule has 0 saturated carbocycles. The van der Waals surface area contributed by atoms with Crippen molar-refractivity contribution in [2.24, 2.45) is 0 Å². The van der Waals surface area contributed by atoms with E-state index in [4.69, 9.17) is 23.8 Å². The van der Waals surface area contributed by atoms with Crippen LogP contribution in [0.2, 0.25) is 5.02 Å². The number of halogens is 2. The summed E-state index contributed by atoms with van der Waals surface area (Å²) in [7, 11) is 1.72. The second-order valence-corrected chi connectivity index (χ2v) is 5.41. The molecule has 0 spiro atoms. The summed E-state index contributed by atoms with van der Waals surface area (Å²) in [5.74, 6) is -0.620. The maximum atomic E-state index is 13.6. The summed E-state index contributed by atoms with van der Waals surface area (Å²) in [6, 6.07) is 2.25. The second kappa shape index (κ2) is 5.54. The van der Waals surface area contributed by atoms with E-state index in [1.165, 1.54) is 12.1 Å². The van der Waals surface area contributed by atoms with Crippen LogP contribution in [0.25, 0.3) is 11.0 Å². The highest BCUT2D eigenvalue weighted by molar-refractivity contribution is 7.71. The van der Waals surface area contributed by atoms with Crippen LogP contribution >= 0.6 is 23.8 Å². The van der Waals surface area contributed by atoms with E-state index in [0.29, 0.717) is 22.3 Å². The number of hydrogen-bond donors (Lipinski definition) is 1. The van der Waals surface area contributed by atoms with Crippen LogP contribution in [0.5, 0.6) is 0 Å². The minimum absolute atomic E-state index is 0.0190. The normalized spacial score (nSPS) is 12.7. The summed E-state index contributed by atoms with van der Waals surface area (Å²) in [6.45, 7) is 4.22. The van der Waals surface area contributed by atoms with Crippen LogP contribution in [0.4, 0.5) is 4.39 Å².